The van der Waals surface area contributed by atoms with Crippen molar-refractivity contribution in [3.05, 3.63) is 48.0 Å². The van der Waals surface area contributed by atoms with E-state index in [0.717, 1.165) is 5.69 Å². The monoisotopic (exact) mass is 316 g/mol. The zero-order valence-corrected chi connectivity index (χ0v) is 12.1. The van der Waals surface area contributed by atoms with Crippen LogP contribution >= 0.6 is 12.2 Å². The Hall–Kier alpha value is -2.80. The molecule has 0 atom stereocenters. The van der Waals surface area contributed by atoms with E-state index < -0.39 is 5.97 Å². The number of carboxylic acid groups (broad SMARTS) is 1. The van der Waals surface area contributed by atoms with Crippen LogP contribution in [0.4, 0.5) is 11.4 Å². The van der Waals surface area contributed by atoms with Crippen LogP contribution in [0, 0.1) is 0 Å². The largest absolute Gasteiger partial charge is 0.478 e. The molecule has 0 saturated carbocycles. The van der Waals surface area contributed by atoms with Crippen LogP contribution < -0.4 is 20.1 Å². The molecule has 0 unspecified atom stereocenters. The highest BCUT2D eigenvalue weighted by Crippen LogP contribution is 2.34. The van der Waals surface area contributed by atoms with Gasteiger partial charge in [0.15, 0.2) is 16.6 Å². The number of carbonyl (C=O) groups is 1. The molecule has 0 fully saturated rings. The highest BCUT2D eigenvalue weighted by atomic mass is 32.1. The number of nitrogens with one attached hydrogen (secondary N) is 2. The van der Waals surface area contributed by atoms with Crippen LogP contribution in [-0.4, -0.2) is 23.0 Å². The molecule has 3 N–H and O–H groups in total. The Labute approximate surface area is 131 Å². The van der Waals surface area contributed by atoms with Gasteiger partial charge in [-0.25, -0.2) is 4.79 Å². The van der Waals surface area contributed by atoms with E-state index in [-0.39, 0.29) is 12.4 Å². The van der Waals surface area contributed by atoms with Crippen molar-refractivity contribution in [2.75, 3.05) is 17.4 Å². The Morgan fingerprint density at radius 1 is 1.05 bits per heavy atom. The van der Waals surface area contributed by atoms with Gasteiger partial charge in [-0.15, -0.1) is 0 Å². The Morgan fingerprint density at radius 2 is 1.77 bits per heavy atom. The quantitative estimate of drug-likeness (QED) is 0.751. The first-order chi connectivity index (χ1) is 10.6. The zero-order valence-electron chi connectivity index (χ0n) is 11.3. The molecular formula is C15H12N2O4S. The Bertz CT molecular complexity index is 748. The van der Waals surface area contributed by atoms with Crippen LogP contribution in [0.5, 0.6) is 11.5 Å². The number of fused-ring (bicyclic) bond motifs is 1. The molecule has 22 heavy (non-hydrogen) atoms. The molecule has 1 aliphatic heterocycles. The lowest BCUT2D eigenvalue weighted by molar-refractivity contribution is 0.0697. The molecule has 0 radical (unpaired) electrons. The second-order valence-corrected chi connectivity index (χ2v) is 4.94. The van der Waals surface area contributed by atoms with Gasteiger partial charge in [-0.05, 0) is 42.5 Å². The zero-order chi connectivity index (χ0) is 15.5. The number of rotatable bonds is 3. The summed E-state index contributed by atoms with van der Waals surface area (Å²) in [4.78, 5) is 10.9. The third-order valence-electron chi connectivity index (χ3n) is 3.00. The van der Waals surface area contributed by atoms with Crippen LogP contribution in [0.15, 0.2) is 42.5 Å². The van der Waals surface area contributed by atoms with Gasteiger partial charge in [0.2, 0.25) is 6.79 Å². The van der Waals surface area contributed by atoms with Gasteiger partial charge in [0.25, 0.3) is 0 Å². The molecule has 2 aromatic rings. The predicted molar refractivity (Wildman–Crippen MR) is 85.8 cm³/mol. The third-order valence-corrected chi connectivity index (χ3v) is 3.20. The maximum Gasteiger partial charge on any atom is 0.335 e. The minimum absolute atomic E-state index is 0.191. The van der Waals surface area contributed by atoms with Crippen LogP contribution in [0.25, 0.3) is 0 Å². The van der Waals surface area contributed by atoms with Gasteiger partial charge in [0.05, 0.1) is 5.56 Å². The smallest absolute Gasteiger partial charge is 0.335 e. The molecule has 0 saturated heterocycles. The molecule has 0 amide bonds. The first-order valence-electron chi connectivity index (χ1n) is 6.43. The highest BCUT2D eigenvalue weighted by molar-refractivity contribution is 7.80. The maximum absolute atomic E-state index is 10.9. The van der Waals surface area contributed by atoms with Crippen LogP contribution in [0.2, 0.25) is 0 Å². The number of ether oxygens (including phenoxy) is 2. The van der Waals surface area contributed by atoms with Gasteiger partial charge in [0.1, 0.15) is 0 Å². The van der Waals surface area contributed by atoms with Crippen LogP contribution in [0.3, 0.4) is 0 Å². The summed E-state index contributed by atoms with van der Waals surface area (Å²) >= 11 is 5.21. The molecule has 0 aromatic heterocycles. The van der Waals surface area contributed by atoms with E-state index in [2.05, 4.69) is 10.6 Å². The Balaban J connectivity index is 1.67. The van der Waals surface area contributed by atoms with Gasteiger partial charge in [-0.1, -0.05) is 6.07 Å². The number of carboxylic acids is 1. The standard InChI is InChI=1S/C15H12N2O4S/c18-14(19)9-2-1-3-10(6-9)16-15(22)17-11-4-5-12-13(7-11)21-8-20-12/h1-7H,8H2,(H,18,19)(H2,16,17,22). The Kier molecular flexibility index (Phi) is 3.80. The molecular weight excluding hydrogens is 304 g/mol. The minimum atomic E-state index is -0.988. The fourth-order valence-corrected chi connectivity index (χ4v) is 2.23. The fourth-order valence-electron chi connectivity index (χ4n) is 2.00. The molecule has 7 heteroatoms. The highest BCUT2D eigenvalue weighted by Gasteiger charge is 2.13. The first-order valence-corrected chi connectivity index (χ1v) is 6.84. The lowest BCUT2D eigenvalue weighted by Crippen LogP contribution is -2.19. The molecule has 6 nitrogen and oxygen atoms in total. The molecule has 0 spiro atoms. The summed E-state index contributed by atoms with van der Waals surface area (Å²) in [6.45, 7) is 0.212. The van der Waals surface area contributed by atoms with E-state index in [1.807, 2.05) is 6.07 Å². The first kappa shape index (κ1) is 14.2. The van der Waals surface area contributed by atoms with E-state index in [0.29, 0.717) is 22.3 Å². The van der Waals surface area contributed by atoms with Crippen molar-refractivity contribution in [3.8, 4) is 11.5 Å². The van der Waals surface area contributed by atoms with Gasteiger partial charge in [0, 0.05) is 17.4 Å². The minimum Gasteiger partial charge on any atom is -0.478 e. The summed E-state index contributed by atoms with van der Waals surface area (Å²) in [7, 11) is 0. The summed E-state index contributed by atoms with van der Waals surface area (Å²) in [6, 6.07) is 11.8. The number of aromatic carboxylic acids is 1. The summed E-state index contributed by atoms with van der Waals surface area (Å²) in [5.41, 5.74) is 1.53. The van der Waals surface area contributed by atoms with Crippen molar-refractivity contribution in [2.45, 2.75) is 0 Å². The molecule has 112 valence electrons. The second-order valence-electron chi connectivity index (χ2n) is 4.53. The van der Waals surface area contributed by atoms with Crippen molar-refractivity contribution in [3.63, 3.8) is 0 Å². The van der Waals surface area contributed by atoms with Crippen LogP contribution in [-0.2, 0) is 0 Å². The molecule has 1 heterocycles. The normalized spacial score (nSPS) is 11.8. The lowest BCUT2D eigenvalue weighted by atomic mass is 10.2. The average Bonchev–Trinajstić information content (AvgIpc) is 2.95. The molecule has 0 bridgehead atoms. The average molecular weight is 316 g/mol. The third kappa shape index (κ3) is 3.09. The van der Waals surface area contributed by atoms with Crippen molar-refractivity contribution >= 4 is 34.7 Å². The van der Waals surface area contributed by atoms with Gasteiger partial charge in [-0.2, -0.15) is 0 Å². The number of anilines is 2. The van der Waals surface area contributed by atoms with Gasteiger partial charge in [-0.3, -0.25) is 0 Å². The maximum atomic E-state index is 10.9. The molecule has 0 aliphatic carbocycles. The molecule has 2 aromatic carbocycles. The van der Waals surface area contributed by atoms with E-state index in [9.17, 15) is 4.79 Å². The van der Waals surface area contributed by atoms with Crippen LogP contribution in [0.1, 0.15) is 10.4 Å². The molecule has 1 aliphatic rings. The van der Waals surface area contributed by atoms with E-state index in [1.54, 1.807) is 24.3 Å². The predicted octanol–water partition coefficient (Wildman–Crippen LogP) is 2.92. The molecule has 3 rings (SSSR count). The number of thiocarbonyl (C=S) groups is 1. The second kappa shape index (κ2) is 5.90. The van der Waals surface area contributed by atoms with E-state index in [4.69, 9.17) is 26.8 Å². The van der Waals surface area contributed by atoms with Crippen molar-refractivity contribution in [1.29, 1.82) is 0 Å². The van der Waals surface area contributed by atoms with E-state index >= 15 is 0 Å². The van der Waals surface area contributed by atoms with Crippen molar-refractivity contribution in [1.82, 2.24) is 0 Å². The van der Waals surface area contributed by atoms with Gasteiger partial charge >= 0.3 is 5.97 Å². The van der Waals surface area contributed by atoms with Crippen molar-refractivity contribution < 1.29 is 19.4 Å². The SMILES string of the molecule is O=C(O)c1cccc(NC(=S)Nc2ccc3c(c2)OCO3)c1. The number of benzene rings is 2. The number of hydrogen-bond donors (Lipinski definition) is 3. The van der Waals surface area contributed by atoms with Crippen molar-refractivity contribution in [2.24, 2.45) is 0 Å². The topological polar surface area (TPSA) is 79.8 Å². The summed E-state index contributed by atoms with van der Waals surface area (Å²) in [5, 5.41) is 15.3. The number of hydrogen-bond acceptors (Lipinski definition) is 4. The lowest BCUT2D eigenvalue weighted by Gasteiger charge is -2.11. The van der Waals surface area contributed by atoms with Gasteiger partial charge < -0.3 is 25.2 Å². The van der Waals surface area contributed by atoms with E-state index in [1.165, 1.54) is 12.1 Å². The summed E-state index contributed by atoms with van der Waals surface area (Å²) < 4.78 is 10.5. The Morgan fingerprint density at radius 3 is 2.55 bits per heavy atom. The fraction of sp³-hybridized carbons (Fsp3) is 0.0667. The summed E-state index contributed by atoms with van der Waals surface area (Å²) in [5.74, 6) is 0.359. The summed E-state index contributed by atoms with van der Waals surface area (Å²) in [6.07, 6.45) is 0.